The second-order valence-corrected chi connectivity index (χ2v) is 5.97. The summed E-state index contributed by atoms with van der Waals surface area (Å²) in [5, 5.41) is 11.5. The maximum absolute atomic E-state index is 12.6. The molecule has 6 heteroatoms. The number of ether oxygens (including phenoxy) is 1. The van der Waals surface area contributed by atoms with Crippen molar-refractivity contribution in [3.63, 3.8) is 0 Å². The van der Waals surface area contributed by atoms with Crippen molar-refractivity contribution in [2.75, 3.05) is 11.9 Å². The van der Waals surface area contributed by atoms with Gasteiger partial charge in [-0.15, -0.1) is 0 Å². The maximum Gasteiger partial charge on any atom is 0.261 e. The molecule has 0 unspecified atom stereocenters. The number of anilines is 1. The molecule has 0 aliphatic heterocycles. The molecule has 2 N–H and O–H groups in total. The van der Waals surface area contributed by atoms with Crippen LogP contribution in [0.3, 0.4) is 0 Å². The second kappa shape index (κ2) is 6.88. The lowest BCUT2D eigenvalue weighted by atomic mass is 10.1. The zero-order valence-electron chi connectivity index (χ0n) is 12.9. The number of nitrogens with one attached hydrogen (secondary N) is 2. The number of rotatable bonds is 4. The quantitative estimate of drug-likeness (QED) is 0.700. The van der Waals surface area contributed by atoms with Crippen LogP contribution in [0.1, 0.15) is 17.3 Å². The van der Waals surface area contributed by atoms with Crippen LogP contribution < -0.4 is 15.6 Å². The molecule has 0 aliphatic carbocycles. The minimum absolute atomic E-state index is 0.159. The lowest BCUT2D eigenvalue weighted by Crippen LogP contribution is -2.21. The monoisotopic (exact) mass is 386 g/mol. The van der Waals surface area contributed by atoms with Crippen molar-refractivity contribution < 1.29 is 13.9 Å². The van der Waals surface area contributed by atoms with Gasteiger partial charge in [0.15, 0.2) is 0 Å². The van der Waals surface area contributed by atoms with Gasteiger partial charge in [-0.1, -0.05) is 28.1 Å². The molecule has 5 nitrogen and oxygen atoms in total. The van der Waals surface area contributed by atoms with Crippen LogP contribution in [-0.2, 0) is 0 Å². The Morgan fingerprint density at radius 1 is 1.25 bits per heavy atom. The molecule has 1 heterocycles. The summed E-state index contributed by atoms with van der Waals surface area (Å²) in [7, 11) is 0. The third kappa shape index (κ3) is 3.33. The summed E-state index contributed by atoms with van der Waals surface area (Å²) < 4.78 is 11.8. The summed E-state index contributed by atoms with van der Waals surface area (Å²) in [4.78, 5) is 12.6. The first kappa shape index (κ1) is 16.3. The van der Waals surface area contributed by atoms with E-state index in [0.29, 0.717) is 23.6 Å². The van der Waals surface area contributed by atoms with Crippen LogP contribution >= 0.6 is 15.9 Å². The number of amides is 1. The van der Waals surface area contributed by atoms with E-state index in [2.05, 4.69) is 21.2 Å². The Bertz CT molecular complexity index is 966. The molecule has 2 aromatic carbocycles. The van der Waals surface area contributed by atoms with Crippen LogP contribution in [-0.4, -0.2) is 12.5 Å². The molecule has 0 atom stereocenters. The fourth-order valence-electron chi connectivity index (χ4n) is 2.32. The van der Waals surface area contributed by atoms with Crippen molar-refractivity contribution in [1.29, 1.82) is 5.41 Å². The number of benzene rings is 2. The molecular formula is C18H15BrN2O3. The molecule has 1 amide bonds. The van der Waals surface area contributed by atoms with Gasteiger partial charge < -0.3 is 14.5 Å². The highest BCUT2D eigenvalue weighted by Crippen LogP contribution is 2.24. The van der Waals surface area contributed by atoms with Crippen LogP contribution in [0, 0.1) is 5.41 Å². The number of halogens is 1. The van der Waals surface area contributed by atoms with E-state index in [0.717, 1.165) is 9.86 Å². The van der Waals surface area contributed by atoms with Crippen LogP contribution in [0.4, 0.5) is 5.69 Å². The Kier molecular flexibility index (Phi) is 4.66. The molecule has 3 aromatic rings. The fourth-order valence-corrected chi connectivity index (χ4v) is 2.70. The van der Waals surface area contributed by atoms with Gasteiger partial charge in [-0.25, -0.2) is 0 Å². The van der Waals surface area contributed by atoms with Crippen LogP contribution in [0.15, 0.2) is 57.4 Å². The lowest BCUT2D eigenvalue weighted by Gasteiger charge is -2.11. The predicted octanol–water partition coefficient (Wildman–Crippen LogP) is 4.33. The summed E-state index contributed by atoms with van der Waals surface area (Å²) in [6, 6.07) is 14.2. The molecule has 0 bridgehead atoms. The normalized spacial score (nSPS) is 10.6. The van der Waals surface area contributed by atoms with Gasteiger partial charge in [0.2, 0.25) is 5.55 Å². The lowest BCUT2D eigenvalue weighted by molar-refractivity contribution is 0.102. The molecule has 0 saturated carbocycles. The van der Waals surface area contributed by atoms with Gasteiger partial charge in [0.1, 0.15) is 16.9 Å². The average molecular weight is 387 g/mol. The van der Waals surface area contributed by atoms with Crippen molar-refractivity contribution in [1.82, 2.24) is 0 Å². The van der Waals surface area contributed by atoms with Crippen molar-refractivity contribution in [2.24, 2.45) is 0 Å². The van der Waals surface area contributed by atoms with Crippen LogP contribution in [0.25, 0.3) is 11.0 Å². The van der Waals surface area contributed by atoms with E-state index in [1.807, 2.05) is 31.2 Å². The summed E-state index contributed by atoms with van der Waals surface area (Å²) in [6.45, 7) is 2.37. The zero-order valence-corrected chi connectivity index (χ0v) is 14.5. The summed E-state index contributed by atoms with van der Waals surface area (Å²) in [5.74, 6) is 0.165. The molecule has 1 aromatic heterocycles. The minimum Gasteiger partial charge on any atom is -0.492 e. The van der Waals surface area contributed by atoms with Gasteiger partial charge in [-0.2, -0.15) is 0 Å². The maximum atomic E-state index is 12.6. The Morgan fingerprint density at radius 3 is 2.83 bits per heavy atom. The first-order valence-corrected chi connectivity index (χ1v) is 8.19. The minimum atomic E-state index is -0.419. The third-order valence-corrected chi connectivity index (χ3v) is 3.90. The summed E-state index contributed by atoms with van der Waals surface area (Å²) in [6.07, 6.45) is 0. The van der Waals surface area contributed by atoms with Gasteiger partial charge in [0.05, 0.1) is 12.3 Å². The van der Waals surface area contributed by atoms with Crippen molar-refractivity contribution in [3.8, 4) is 5.75 Å². The van der Waals surface area contributed by atoms with E-state index in [4.69, 9.17) is 14.6 Å². The zero-order chi connectivity index (χ0) is 17.1. The molecule has 0 fully saturated rings. The number of carbonyl (C=O) groups excluding carboxylic acids is 1. The van der Waals surface area contributed by atoms with Gasteiger partial charge in [0.25, 0.3) is 5.91 Å². The molecule has 0 radical (unpaired) electrons. The third-order valence-electron chi connectivity index (χ3n) is 3.41. The largest absolute Gasteiger partial charge is 0.492 e. The van der Waals surface area contributed by atoms with Gasteiger partial charge >= 0.3 is 0 Å². The Hall–Kier alpha value is -2.60. The highest BCUT2D eigenvalue weighted by Gasteiger charge is 2.14. The first-order chi connectivity index (χ1) is 11.6. The molecule has 0 aliphatic rings. The highest BCUT2D eigenvalue weighted by atomic mass is 79.9. The van der Waals surface area contributed by atoms with Crippen molar-refractivity contribution in [3.05, 3.63) is 64.1 Å². The van der Waals surface area contributed by atoms with Gasteiger partial charge in [-0.05, 0) is 43.3 Å². The van der Waals surface area contributed by atoms with Crippen molar-refractivity contribution >= 4 is 38.5 Å². The number of fused-ring (bicyclic) bond motifs is 1. The summed E-state index contributed by atoms with van der Waals surface area (Å²) in [5.41, 5.74) is 1.08. The van der Waals surface area contributed by atoms with E-state index in [1.165, 1.54) is 0 Å². The standard InChI is InChI=1S/C18H15BrN2O3/c1-2-23-16-6-4-3-5-14(16)21-18(22)13-10-11-9-12(19)7-8-15(11)24-17(13)20/h3-10,20H,2H2,1H3,(H,21,22). The Balaban J connectivity index is 1.97. The van der Waals surface area contributed by atoms with E-state index in [1.54, 1.807) is 24.3 Å². The van der Waals surface area contributed by atoms with Crippen LogP contribution in [0.2, 0.25) is 0 Å². The van der Waals surface area contributed by atoms with Crippen LogP contribution in [0.5, 0.6) is 5.75 Å². The van der Waals surface area contributed by atoms with E-state index in [9.17, 15) is 4.79 Å². The van der Waals surface area contributed by atoms with E-state index >= 15 is 0 Å². The molecule has 3 rings (SSSR count). The Morgan fingerprint density at radius 2 is 2.04 bits per heavy atom. The topological polar surface area (TPSA) is 75.3 Å². The smallest absolute Gasteiger partial charge is 0.261 e. The number of carbonyl (C=O) groups is 1. The van der Waals surface area contributed by atoms with E-state index in [-0.39, 0.29) is 11.1 Å². The fraction of sp³-hybridized carbons (Fsp3) is 0.111. The SMILES string of the molecule is CCOc1ccccc1NC(=O)c1cc2cc(Br)ccc2oc1=N. The van der Waals surface area contributed by atoms with E-state index < -0.39 is 5.91 Å². The molecule has 24 heavy (non-hydrogen) atoms. The highest BCUT2D eigenvalue weighted by molar-refractivity contribution is 9.10. The molecule has 0 saturated heterocycles. The summed E-state index contributed by atoms with van der Waals surface area (Å²) >= 11 is 3.39. The molecule has 0 spiro atoms. The molecular weight excluding hydrogens is 372 g/mol. The predicted molar refractivity (Wildman–Crippen MR) is 95.3 cm³/mol. The Labute approximate surface area is 146 Å². The van der Waals surface area contributed by atoms with Crippen molar-refractivity contribution in [2.45, 2.75) is 6.92 Å². The number of hydrogen-bond donors (Lipinski definition) is 2. The molecule has 122 valence electrons. The first-order valence-electron chi connectivity index (χ1n) is 7.39. The second-order valence-electron chi connectivity index (χ2n) is 5.05. The van der Waals surface area contributed by atoms with Gasteiger partial charge in [-0.3, -0.25) is 10.2 Å². The number of hydrogen-bond acceptors (Lipinski definition) is 4. The number of para-hydroxylation sites is 2. The average Bonchev–Trinajstić information content (AvgIpc) is 2.56. The van der Waals surface area contributed by atoms with Gasteiger partial charge in [0, 0.05) is 9.86 Å².